The van der Waals surface area contributed by atoms with E-state index in [4.69, 9.17) is 13.6 Å². The molecule has 0 bridgehead atoms. The van der Waals surface area contributed by atoms with Crippen LogP contribution in [0.3, 0.4) is 0 Å². The molecule has 2 aromatic rings. The van der Waals surface area contributed by atoms with Gasteiger partial charge in [0, 0.05) is 24.7 Å². The van der Waals surface area contributed by atoms with E-state index in [9.17, 15) is 14.7 Å². The summed E-state index contributed by atoms with van der Waals surface area (Å²) in [5.41, 5.74) is 0. The van der Waals surface area contributed by atoms with Gasteiger partial charge in [-0.2, -0.15) is 0 Å². The molecular weight excluding hydrogens is 585 g/mol. The summed E-state index contributed by atoms with van der Waals surface area (Å²) >= 11 is 0. The predicted molar refractivity (Wildman–Crippen MR) is 186 cm³/mol. The SMILES string of the molecule is C[C@H](C[C@H](C/C=C/C(=O)O)O[Si](c1ccccc1)(c1ccccc1)C(C)(C)C)OC(=O)/C=C/C[C@@H](C)O[Si](C)(C)C(C)(C)C. The summed E-state index contributed by atoms with van der Waals surface area (Å²) in [5, 5.41) is 11.4. The topological polar surface area (TPSA) is 82.1 Å². The monoisotopic (exact) mass is 638 g/mol. The molecular formula is C36H54O6Si2. The van der Waals surface area contributed by atoms with Crippen molar-refractivity contribution in [1.82, 2.24) is 0 Å². The minimum atomic E-state index is -2.91. The lowest BCUT2D eigenvalue weighted by atomic mass is 10.1. The average Bonchev–Trinajstić information content (AvgIpc) is 2.90. The molecule has 0 aromatic heterocycles. The Morgan fingerprint density at radius 1 is 0.750 bits per heavy atom. The summed E-state index contributed by atoms with van der Waals surface area (Å²) < 4.78 is 19.5. The third-order valence-electron chi connectivity index (χ3n) is 8.36. The van der Waals surface area contributed by atoms with Crippen LogP contribution in [0.15, 0.2) is 85.0 Å². The summed E-state index contributed by atoms with van der Waals surface area (Å²) in [5.74, 6) is -1.42. The van der Waals surface area contributed by atoms with Crippen LogP contribution in [-0.4, -0.2) is 52.0 Å². The van der Waals surface area contributed by atoms with Gasteiger partial charge in [0.1, 0.15) is 6.10 Å². The maximum atomic E-state index is 12.8. The first-order valence-corrected chi connectivity index (χ1v) is 20.4. The minimum absolute atomic E-state index is 0.00243. The smallest absolute Gasteiger partial charge is 0.330 e. The number of ether oxygens (including phenoxy) is 1. The Balaban J connectivity index is 2.28. The Kier molecular flexibility index (Phi) is 13.6. The zero-order valence-corrected chi connectivity index (χ0v) is 30.4. The zero-order chi connectivity index (χ0) is 33.2. The minimum Gasteiger partial charge on any atom is -0.478 e. The third kappa shape index (κ3) is 10.7. The van der Waals surface area contributed by atoms with Crippen LogP contribution in [0.25, 0.3) is 0 Å². The highest BCUT2D eigenvalue weighted by Gasteiger charge is 2.51. The molecule has 0 aliphatic rings. The average molecular weight is 639 g/mol. The van der Waals surface area contributed by atoms with Gasteiger partial charge in [0.05, 0.1) is 6.10 Å². The van der Waals surface area contributed by atoms with E-state index in [2.05, 4.69) is 78.9 Å². The number of carbonyl (C=O) groups excluding carboxylic acids is 1. The molecule has 1 N–H and O–H groups in total. The van der Waals surface area contributed by atoms with Crippen molar-refractivity contribution in [2.75, 3.05) is 0 Å². The van der Waals surface area contributed by atoms with Gasteiger partial charge in [-0.05, 0) is 60.2 Å². The van der Waals surface area contributed by atoms with E-state index in [1.165, 1.54) is 6.08 Å². The maximum absolute atomic E-state index is 12.8. The van der Waals surface area contributed by atoms with Gasteiger partial charge in [0.2, 0.25) is 0 Å². The van der Waals surface area contributed by atoms with Crippen LogP contribution in [0.2, 0.25) is 23.2 Å². The van der Waals surface area contributed by atoms with Gasteiger partial charge in [-0.25, -0.2) is 9.59 Å². The van der Waals surface area contributed by atoms with E-state index < -0.39 is 34.7 Å². The Morgan fingerprint density at radius 3 is 1.70 bits per heavy atom. The second-order valence-electron chi connectivity index (χ2n) is 14.2. The standard InChI is InChI=1S/C36H54O6Si2/c1-28(41-43(9,10)35(3,4)5)19-17-26-34(39)40-29(2)27-30(20-18-25-33(37)38)42-44(36(6,7)8,31-21-13-11-14-22-31)32-23-15-12-16-24-32/h11-18,21-26,28-30H,19-20,27H2,1-10H3,(H,37,38)/b25-18+,26-17+/t28-,29-,30+/m1/s1. The lowest BCUT2D eigenvalue weighted by molar-refractivity contribution is -0.143. The summed E-state index contributed by atoms with van der Waals surface area (Å²) in [4.78, 5) is 24.1. The van der Waals surface area contributed by atoms with Crippen molar-refractivity contribution >= 4 is 38.9 Å². The second-order valence-corrected chi connectivity index (χ2v) is 23.2. The number of carbonyl (C=O) groups is 2. The Morgan fingerprint density at radius 2 is 1.25 bits per heavy atom. The second kappa shape index (κ2) is 16.0. The summed E-state index contributed by atoms with van der Waals surface area (Å²) in [6.07, 6.45) is 6.64. The van der Waals surface area contributed by atoms with Crippen molar-refractivity contribution in [3.63, 3.8) is 0 Å². The fraction of sp³-hybridized carbons (Fsp3) is 0.500. The molecule has 0 radical (unpaired) electrons. The van der Waals surface area contributed by atoms with Crippen LogP contribution in [-0.2, 0) is 23.2 Å². The zero-order valence-electron chi connectivity index (χ0n) is 28.4. The number of esters is 1. The Bertz CT molecular complexity index is 1200. The van der Waals surface area contributed by atoms with Gasteiger partial charge in [0.15, 0.2) is 8.32 Å². The Labute approximate surface area is 267 Å². The quantitative estimate of drug-likeness (QED) is 0.123. The summed E-state index contributed by atoms with van der Waals surface area (Å²) in [7, 11) is -4.80. The highest BCUT2D eigenvalue weighted by Crippen LogP contribution is 2.39. The number of hydrogen-bond donors (Lipinski definition) is 1. The van der Waals surface area contributed by atoms with Gasteiger partial charge in [-0.15, -0.1) is 0 Å². The van der Waals surface area contributed by atoms with Gasteiger partial charge in [-0.3, -0.25) is 0 Å². The molecule has 2 aromatic carbocycles. The molecule has 0 fully saturated rings. The molecule has 44 heavy (non-hydrogen) atoms. The van der Waals surface area contributed by atoms with Crippen LogP contribution in [0.5, 0.6) is 0 Å². The fourth-order valence-corrected chi connectivity index (χ4v) is 11.4. The van der Waals surface area contributed by atoms with Crippen molar-refractivity contribution in [3.8, 4) is 0 Å². The molecule has 0 amide bonds. The number of hydrogen-bond acceptors (Lipinski definition) is 5. The first kappa shape index (κ1) is 37.4. The largest absolute Gasteiger partial charge is 0.478 e. The van der Waals surface area contributed by atoms with Crippen molar-refractivity contribution in [3.05, 3.63) is 85.0 Å². The molecule has 0 spiro atoms. The first-order valence-electron chi connectivity index (χ1n) is 15.6. The van der Waals surface area contributed by atoms with Gasteiger partial charge in [0.25, 0.3) is 8.32 Å². The van der Waals surface area contributed by atoms with E-state index in [1.54, 1.807) is 6.08 Å². The van der Waals surface area contributed by atoms with Gasteiger partial charge < -0.3 is 18.7 Å². The van der Waals surface area contributed by atoms with Crippen molar-refractivity contribution in [2.45, 2.75) is 116 Å². The van der Waals surface area contributed by atoms with Crippen LogP contribution in [0.1, 0.15) is 74.7 Å². The molecule has 0 saturated heterocycles. The predicted octanol–water partition coefficient (Wildman–Crippen LogP) is 7.64. The van der Waals surface area contributed by atoms with E-state index in [0.717, 1.165) is 16.4 Å². The molecule has 6 nitrogen and oxygen atoms in total. The van der Waals surface area contributed by atoms with Crippen LogP contribution < -0.4 is 10.4 Å². The number of carboxylic acid groups (broad SMARTS) is 1. The highest BCUT2D eigenvalue weighted by molar-refractivity contribution is 6.99. The van der Waals surface area contributed by atoms with E-state index >= 15 is 0 Å². The molecule has 2 rings (SSSR count). The lowest BCUT2D eigenvalue weighted by Crippen LogP contribution is -2.67. The van der Waals surface area contributed by atoms with Crippen molar-refractivity contribution in [1.29, 1.82) is 0 Å². The molecule has 0 unspecified atom stereocenters. The Hall–Kier alpha value is -2.79. The summed E-state index contributed by atoms with van der Waals surface area (Å²) in [6, 6.07) is 20.6. The van der Waals surface area contributed by atoms with Crippen molar-refractivity contribution in [2.24, 2.45) is 0 Å². The highest BCUT2D eigenvalue weighted by atomic mass is 28.4. The molecule has 3 atom stereocenters. The van der Waals surface area contributed by atoms with Gasteiger partial charge >= 0.3 is 11.9 Å². The van der Waals surface area contributed by atoms with Crippen LogP contribution in [0.4, 0.5) is 0 Å². The number of aliphatic carboxylic acids is 1. The number of benzene rings is 2. The van der Waals surface area contributed by atoms with Gasteiger partial charge in [-0.1, -0.05) is 114 Å². The fourth-order valence-electron chi connectivity index (χ4n) is 5.19. The normalized spacial score (nSPS) is 15.3. The maximum Gasteiger partial charge on any atom is 0.330 e. The van der Waals surface area contributed by atoms with E-state index in [0.29, 0.717) is 19.3 Å². The molecule has 0 heterocycles. The molecule has 0 saturated carbocycles. The first-order chi connectivity index (χ1) is 20.4. The molecule has 0 aliphatic heterocycles. The van der Waals surface area contributed by atoms with Crippen LogP contribution >= 0.6 is 0 Å². The summed E-state index contributed by atoms with van der Waals surface area (Å²) in [6.45, 7) is 21.6. The molecule has 8 heteroatoms. The van der Waals surface area contributed by atoms with E-state index in [-0.39, 0.29) is 22.3 Å². The van der Waals surface area contributed by atoms with E-state index in [1.807, 2.05) is 56.3 Å². The lowest BCUT2D eigenvalue weighted by Gasteiger charge is -2.45. The number of carboxylic acids is 1. The molecule has 242 valence electrons. The van der Waals surface area contributed by atoms with Crippen molar-refractivity contribution < 1.29 is 28.3 Å². The molecule has 0 aliphatic carbocycles. The third-order valence-corrected chi connectivity index (χ3v) is 18.1. The van der Waals surface area contributed by atoms with Crippen LogP contribution in [0, 0.1) is 0 Å². The number of rotatable bonds is 15.